The maximum atomic E-state index is 13.3. The Morgan fingerprint density at radius 1 is 1.15 bits per heavy atom. The molecule has 0 bridgehead atoms. The molecule has 2 aromatic rings. The number of benzene rings is 2. The molecule has 1 nitrogen and oxygen atoms in total. The van der Waals surface area contributed by atoms with E-state index in [1.54, 1.807) is 12.1 Å². The van der Waals surface area contributed by atoms with Crippen molar-refractivity contribution in [2.75, 3.05) is 5.32 Å². The largest absolute Gasteiger partial charge is 0.378 e. The standard InChI is InChI=1S/C15H13Br2ClFN/c1-8-5-12(17)15(7-13(8)18)20-9(2)10-3-4-14(19)11(16)6-10/h3-7,9,20H,1-2H3. The van der Waals surface area contributed by atoms with Gasteiger partial charge in [-0.3, -0.25) is 0 Å². The second-order valence-electron chi connectivity index (χ2n) is 4.62. The van der Waals surface area contributed by atoms with Crippen molar-refractivity contribution in [3.63, 3.8) is 0 Å². The predicted molar refractivity (Wildman–Crippen MR) is 90.0 cm³/mol. The fourth-order valence-electron chi connectivity index (χ4n) is 1.86. The van der Waals surface area contributed by atoms with Gasteiger partial charge in [0.05, 0.1) is 10.2 Å². The molecule has 0 aromatic heterocycles. The third-order valence-corrected chi connectivity index (χ3v) is 4.73. The first-order chi connectivity index (χ1) is 9.38. The van der Waals surface area contributed by atoms with E-state index in [1.165, 1.54) is 6.07 Å². The molecule has 0 aliphatic heterocycles. The first-order valence-corrected chi connectivity index (χ1v) is 8.02. The molecule has 20 heavy (non-hydrogen) atoms. The monoisotopic (exact) mass is 419 g/mol. The van der Waals surface area contributed by atoms with Crippen LogP contribution in [0.2, 0.25) is 5.02 Å². The minimum absolute atomic E-state index is 0.0296. The van der Waals surface area contributed by atoms with Crippen LogP contribution in [0.3, 0.4) is 0 Å². The van der Waals surface area contributed by atoms with Gasteiger partial charge in [-0.25, -0.2) is 4.39 Å². The highest BCUT2D eigenvalue weighted by atomic mass is 79.9. The Morgan fingerprint density at radius 3 is 2.50 bits per heavy atom. The highest BCUT2D eigenvalue weighted by Gasteiger charge is 2.11. The molecule has 2 aromatic carbocycles. The molecule has 0 aliphatic rings. The van der Waals surface area contributed by atoms with E-state index in [1.807, 2.05) is 26.0 Å². The fraction of sp³-hybridized carbons (Fsp3) is 0.200. The van der Waals surface area contributed by atoms with Crippen LogP contribution in [0.5, 0.6) is 0 Å². The molecule has 1 atom stereocenters. The molecule has 2 rings (SSSR count). The third kappa shape index (κ3) is 3.54. The van der Waals surface area contributed by atoms with Crippen molar-refractivity contribution in [2.45, 2.75) is 19.9 Å². The van der Waals surface area contributed by atoms with Crippen LogP contribution in [0.15, 0.2) is 39.3 Å². The Kier molecular flexibility index (Phi) is 5.10. The molecular formula is C15H13Br2ClFN. The van der Waals surface area contributed by atoms with Gasteiger partial charge in [-0.15, -0.1) is 0 Å². The fourth-order valence-corrected chi connectivity index (χ4v) is 2.99. The van der Waals surface area contributed by atoms with Gasteiger partial charge in [0, 0.05) is 15.5 Å². The summed E-state index contributed by atoms with van der Waals surface area (Å²) in [6.45, 7) is 3.97. The number of anilines is 1. The molecular weight excluding hydrogens is 408 g/mol. The summed E-state index contributed by atoms with van der Waals surface area (Å²) in [6.07, 6.45) is 0. The Hall–Kier alpha value is -0.580. The Bertz CT molecular complexity index is 646. The van der Waals surface area contributed by atoms with Gasteiger partial charge in [-0.1, -0.05) is 17.7 Å². The molecule has 0 saturated heterocycles. The van der Waals surface area contributed by atoms with Gasteiger partial charge >= 0.3 is 0 Å². The van der Waals surface area contributed by atoms with Crippen molar-refractivity contribution >= 4 is 49.1 Å². The van der Waals surface area contributed by atoms with Crippen LogP contribution in [0, 0.1) is 12.7 Å². The van der Waals surface area contributed by atoms with Crippen molar-refractivity contribution in [3.05, 3.63) is 61.2 Å². The second kappa shape index (κ2) is 6.46. The SMILES string of the molecule is Cc1cc(Br)c(NC(C)c2ccc(F)c(Br)c2)cc1Cl. The molecule has 106 valence electrons. The molecule has 0 saturated carbocycles. The second-order valence-corrected chi connectivity index (χ2v) is 6.74. The Morgan fingerprint density at radius 2 is 1.85 bits per heavy atom. The van der Waals surface area contributed by atoms with E-state index in [9.17, 15) is 4.39 Å². The number of nitrogens with one attached hydrogen (secondary N) is 1. The molecule has 1 unspecified atom stereocenters. The lowest BCUT2D eigenvalue weighted by molar-refractivity contribution is 0.619. The minimum Gasteiger partial charge on any atom is -0.378 e. The van der Waals surface area contributed by atoms with Crippen molar-refractivity contribution in [1.82, 2.24) is 0 Å². The summed E-state index contributed by atoms with van der Waals surface area (Å²) in [6, 6.07) is 8.88. The van der Waals surface area contributed by atoms with Gasteiger partial charge in [-0.2, -0.15) is 0 Å². The summed E-state index contributed by atoms with van der Waals surface area (Å²) in [5.41, 5.74) is 2.91. The predicted octanol–water partition coefficient (Wildman–Crippen LogP) is 6.49. The Labute approximate surface area is 139 Å². The van der Waals surface area contributed by atoms with Crippen LogP contribution in [0.25, 0.3) is 0 Å². The zero-order valence-corrected chi connectivity index (χ0v) is 14.9. The van der Waals surface area contributed by atoms with E-state index in [4.69, 9.17) is 11.6 Å². The van der Waals surface area contributed by atoms with Crippen LogP contribution in [0.4, 0.5) is 10.1 Å². The quantitative estimate of drug-likeness (QED) is 0.598. The molecule has 0 fully saturated rings. The van der Waals surface area contributed by atoms with E-state index < -0.39 is 0 Å². The van der Waals surface area contributed by atoms with Gasteiger partial charge < -0.3 is 5.32 Å². The molecule has 5 heteroatoms. The lowest BCUT2D eigenvalue weighted by Crippen LogP contribution is -2.07. The summed E-state index contributed by atoms with van der Waals surface area (Å²) in [5.74, 6) is -0.263. The van der Waals surface area contributed by atoms with Gasteiger partial charge in [-0.05, 0) is 81.1 Å². The summed E-state index contributed by atoms with van der Waals surface area (Å²) in [5, 5.41) is 4.08. The lowest BCUT2D eigenvalue weighted by atomic mass is 10.1. The van der Waals surface area contributed by atoms with E-state index in [0.717, 1.165) is 21.3 Å². The smallest absolute Gasteiger partial charge is 0.137 e. The van der Waals surface area contributed by atoms with Crippen LogP contribution >= 0.6 is 43.5 Å². The number of hydrogen-bond donors (Lipinski definition) is 1. The van der Waals surface area contributed by atoms with Gasteiger partial charge in [0.25, 0.3) is 0 Å². The highest BCUT2D eigenvalue weighted by molar-refractivity contribution is 9.10. The summed E-state index contributed by atoms with van der Waals surface area (Å²) < 4.78 is 14.7. The lowest BCUT2D eigenvalue weighted by Gasteiger charge is -2.18. The van der Waals surface area contributed by atoms with E-state index in [2.05, 4.69) is 37.2 Å². The summed E-state index contributed by atoms with van der Waals surface area (Å²) >= 11 is 12.9. The topological polar surface area (TPSA) is 12.0 Å². The first kappa shape index (κ1) is 15.8. The molecule has 0 radical (unpaired) electrons. The first-order valence-electron chi connectivity index (χ1n) is 6.05. The van der Waals surface area contributed by atoms with Gasteiger partial charge in [0.1, 0.15) is 5.82 Å². The zero-order valence-electron chi connectivity index (χ0n) is 11.0. The van der Waals surface area contributed by atoms with Crippen LogP contribution in [0.1, 0.15) is 24.1 Å². The average molecular weight is 422 g/mol. The van der Waals surface area contributed by atoms with E-state index in [-0.39, 0.29) is 11.9 Å². The average Bonchev–Trinajstić information content (AvgIpc) is 2.39. The maximum Gasteiger partial charge on any atom is 0.137 e. The summed E-state index contributed by atoms with van der Waals surface area (Å²) in [7, 11) is 0. The number of halogens is 4. The normalized spacial score (nSPS) is 12.3. The maximum absolute atomic E-state index is 13.3. The Balaban J connectivity index is 2.25. The highest BCUT2D eigenvalue weighted by Crippen LogP contribution is 2.32. The van der Waals surface area contributed by atoms with E-state index in [0.29, 0.717) is 9.50 Å². The van der Waals surface area contributed by atoms with Crippen molar-refractivity contribution in [3.8, 4) is 0 Å². The molecule has 0 heterocycles. The molecule has 0 spiro atoms. The van der Waals surface area contributed by atoms with Crippen molar-refractivity contribution in [1.29, 1.82) is 0 Å². The van der Waals surface area contributed by atoms with Crippen LogP contribution in [-0.2, 0) is 0 Å². The van der Waals surface area contributed by atoms with Gasteiger partial charge in [0.2, 0.25) is 0 Å². The van der Waals surface area contributed by atoms with Crippen LogP contribution < -0.4 is 5.32 Å². The van der Waals surface area contributed by atoms with Gasteiger partial charge in [0.15, 0.2) is 0 Å². The molecule has 1 N–H and O–H groups in total. The number of aryl methyl sites for hydroxylation is 1. The number of hydrogen-bond acceptors (Lipinski definition) is 1. The minimum atomic E-state index is -0.263. The zero-order chi connectivity index (χ0) is 14.9. The van der Waals surface area contributed by atoms with Crippen molar-refractivity contribution < 1.29 is 4.39 Å². The third-order valence-electron chi connectivity index (χ3n) is 3.06. The molecule has 0 aliphatic carbocycles. The summed E-state index contributed by atoms with van der Waals surface area (Å²) in [4.78, 5) is 0. The van der Waals surface area contributed by atoms with Crippen LogP contribution in [-0.4, -0.2) is 0 Å². The van der Waals surface area contributed by atoms with E-state index >= 15 is 0 Å². The number of rotatable bonds is 3. The molecule has 0 amide bonds. The van der Waals surface area contributed by atoms with Crippen molar-refractivity contribution in [2.24, 2.45) is 0 Å².